The molecule has 0 atom stereocenters. The van der Waals surface area contributed by atoms with Crippen molar-refractivity contribution in [1.82, 2.24) is 9.97 Å². The highest BCUT2D eigenvalue weighted by molar-refractivity contribution is 7.22. The van der Waals surface area contributed by atoms with Crippen LogP contribution in [0.3, 0.4) is 0 Å². The molecular weight excluding hydrogens is 425 g/mol. The second-order valence-electron chi connectivity index (χ2n) is 6.76. The number of rotatable bonds is 4. The minimum atomic E-state index is -0.216. The van der Waals surface area contributed by atoms with Crippen molar-refractivity contribution in [3.8, 4) is 0 Å². The average molecular weight is 442 g/mol. The number of carbonyl (C=O) groups excluding carboxylic acids is 1. The van der Waals surface area contributed by atoms with Gasteiger partial charge in [0.15, 0.2) is 5.13 Å². The first kappa shape index (κ1) is 19.8. The highest BCUT2D eigenvalue weighted by Crippen LogP contribution is 2.34. The van der Waals surface area contributed by atoms with E-state index >= 15 is 0 Å². The molecule has 0 bridgehead atoms. The van der Waals surface area contributed by atoms with Gasteiger partial charge in [-0.05, 0) is 60.9 Å². The smallest absolute Gasteiger partial charge is 0.260 e. The van der Waals surface area contributed by atoms with Gasteiger partial charge in [0.05, 0.1) is 16.8 Å². The molecule has 0 N–H and O–H groups in total. The summed E-state index contributed by atoms with van der Waals surface area (Å²) in [7, 11) is 0. The molecule has 0 aliphatic rings. The van der Waals surface area contributed by atoms with E-state index in [4.69, 9.17) is 28.2 Å². The third kappa shape index (κ3) is 4.13. The Morgan fingerprint density at radius 1 is 1.10 bits per heavy atom. The second kappa shape index (κ2) is 8.11. The van der Waals surface area contributed by atoms with Gasteiger partial charge in [-0.1, -0.05) is 46.7 Å². The summed E-state index contributed by atoms with van der Waals surface area (Å²) in [4.78, 5) is 24.1. The quantitative estimate of drug-likeness (QED) is 0.364. The van der Waals surface area contributed by atoms with Gasteiger partial charge in [0.1, 0.15) is 0 Å². The minimum Gasteiger partial charge on any atom is -0.279 e. The molecular formula is C22H17Cl2N3OS. The zero-order chi connectivity index (χ0) is 20.5. The molecule has 146 valence electrons. The lowest BCUT2D eigenvalue weighted by atomic mass is 10.1. The van der Waals surface area contributed by atoms with Crippen LogP contribution >= 0.6 is 34.5 Å². The van der Waals surface area contributed by atoms with Crippen LogP contribution in [0.2, 0.25) is 10.0 Å². The second-order valence-corrected chi connectivity index (χ2v) is 8.64. The number of aryl methyl sites for hydroxylation is 2. The summed E-state index contributed by atoms with van der Waals surface area (Å²) >= 11 is 13.7. The number of halogens is 2. The first-order chi connectivity index (χ1) is 13.9. The van der Waals surface area contributed by atoms with Crippen LogP contribution in [0.1, 0.15) is 27.0 Å². The largest absolute Gasteiger partial charge is 0.279 e. The number of hydrogen-bond donors (Lipinski definition) is 0. The van der Waals surface area contributed by atoms with Crippen LogP contribution in [0.4, 0.5) is 5.13 Å². The van der Waals surface area contributed by atoms with E-state index < -0.39 is 0 Å². The fourth-order valence-electron chi connectivity index (χ4n) is 3.06. The molecule has 4 aromatic rings. The van der Waals surface area contributed by atoms with Crippen LogP contribution in [0.5, 0.6) is 0 Å². The summed E-state index contributed by atoms with van der Waals surface area (Å²) in [6.07, 6.45) is 3.45. The number of fused-ring (bicyclic) bond motifs is 1. The molecule has 4 nitrogen and oxygen atoms in total. The first-order valence-electron chi connectivity index (χ1n) is 8.96. The maximum absolute atomic E-state index is 13.4. The molecule has 2 aromatic carbocycles. The molecule has 0 fully saturated rings. The number of hydrogen-bond acceptors (Lipinski definition) is 4. The van der Waals surface area contributed by atoms with E-state index in [2.05, 4.69) is 18.0 Å². The number of aromatic nitrogens is 2. The third-order valence-corrected chi connectivity index (χ3v) is 6.20. The Morgan fingerprint density at radius 3 is 2.55 bits per heavy atom. The molecule has 0 spiro atoms. The van der Waals surface area contributed by atoms with Crippen molar-refractivity contribution in [2.24, 2.45) is 0 Å². The Balaban J connectivity index is 1.82. The van der Waals surface area contributed by atoms with Crippen molar-refractivity contribution in [2.75, 3.05) is 4.90 Å². The standard InChI is InChI=1S/C22H17Cl2N3OS/c1-13-5-6-19-20(14(13)2)26-22(29-19)27(12-15-4-3-7-25-11-15)21(28)16-8-17(23)10-18(24)9-16/h3-11H,12H2,1-2H3. The Hall–Kier alpha value is -2.47. The van der Waals surface area contributed by atoms with E-state index in [0.717, 1.165) is 21.3 Å². The highest BCUT2D eigenvalue weighted by atomic mass is 35.5. The van der Waals surface area contributed by atoms with Gasteiger partial charge in [-0.25, -0.2) is 4.98 Å². The number of thiazole rings is 1. The number of nitrogens with zero attached hydrogens (tertiary/aromatic N) is 3. The zero-order valence-corrected chi connectivity index (χ0v) is 18.1. The van der Waals surface area contributed by atoms with Crippen LogP contribution in [-0.2, 0) is 6.54 Å². The lowest BCUT2D eigenvalue weighted by Gasteiger charge is -2.20. The predicted molar refractivity (Wildman–Crippen MR) is 120 cm³/mol. The molecule has 29 heavy (non-hydrogen) atoms. The topological polar surface area (TPSA) is 46.1 Å². The van der Waals surface area contributed by atoms with Crippen LogP contribution in [-0.4, -0.2) is 15.9 Å². The molecule has 2 heterocycles. The Bertz CT molecular complexity index is 1190. The lowest BCUT2D eigenvalue weighted by molar-refractivity contribution is 0.0985. The summed E-state index contributed by atoms with van der Waals surface area (Å²) in [5.74, 6) is -0.216. The van der Waals surface area contributed by atoms with Gasteiger partial charge in [-0.2, -0.15) is 0 Å². The lowest BCUT2D eigenvalue weighted by Crippen LogP contribution is -2.30. The van der Waals surface area contributed by atoms with Gasteiger partial charge >= 0.3 is 0 Å². The number of amides is 1. The fourth-order valence-corrected chi connectivity index (χ4v) is 4.61. The maximum Gasteiger partial charge on any atom is 0.260 e. The third-order valence-electron chi connectivity index (χ3n) is 4.72. The van der Waals surface area contributed by atoms with Crippen LogP contribution in [0.15, 0.2) is 54.9 Å². The van der Waals surface area contributed by atoms with Crippen LogP contribution < -0.4 is 4.90 Å². The van der Waals surface area contributed by atoms with Crippen molar-refractivity contribution in [2.45, 2.75) is 20.4 Å². The molecule has 0 aliphatic heterocycles. The SMILES string of the molecule is Cc1ccc2sc(N(Cc3cccnc3)C(=O)c3cc(Cl)cc(Cl)c3)nc2c1C. The van der Waals surface area contributed by atoms with Gasteiger partial charge in [-0.3, -0.25) is 14.7 Å². The van der Waals surface area contributed by atoms with E-state index in [1.165, 1.54) is 16.9 Å². The van der Waals surface area contributed by atoms with Crippen molar-refractivity contribution in [3.63, 3.8) is 0 Å². The molecule has 0 radical (unpaired) electrons. The van der Waals surface area contributed by atoms with Gasteiger partial charge < -0.3 is 0 Å². The number of pyridine rings is 1. The minimum absolute atomic E-state index is 0.216. The van der Waals surface area contributed by atoms with Crippen molar-refractivity contribution in [1.29, 1.82) is 0 Å². The van der Waals surface area contributed by atoms with Crippen molar-refractivity contribution in [3.05, 3.63) is 87.2 Å². The van der Waals surface area contributed by atoms with Gasteiger partial charge in [0.2, 0.25) is 0 Å². The average Bonchev–Trinajstić information content (AvgIpc) is 3.13. The Kier molecular flexibility index (Phi) is 5.54. The highest BCUT2D eigenvalue weighted by Gasteiger charge is 2.23. The molecule has 0 unspecified atom stereocenters. The maximum atomic E-state index is 13.4. The van der Waals surface area contributed by atoms with Crippen molar-refractivity contribution >= 4 is 55.8 Å². The van der Waals surface area contributed by atoms with Gasteiger partial charge in [0, 0.05) is 28.0 Å². The monoisotopic (exact) mass is 441 g/mol. The normalized spacial score (nSPS) is 11.0. The first-order valence-corrected chi connectivity index (χ1v) is 10.5. The molecule has 0 saturated heterocycles. The van der Waals surface area contributed by atoms with E-state index in [1.807, 2.05) is 25.1 Å². The van der Waals surface area contributed by atoms with Gasteiger partial charge in [0.25, 0.3) is 5.91 Å². The van der Waals surface area contributed by atoms with E-state index in [-0.39, 0.29) is 5.91 Å². The molecule has 4 rings (SSSR count). The molecule has 1 amide bonds. The predicted octanol–water partition coefficient (Wildman–Crippen LogP) is 6.46. The zero-order valence-electron chi connectivity index (χ0n) is 15.8. The fraction of sp³-hybridized carbons (Fsp3) is 0.136. The van der Waals surface area contributed by atoms with E-state index in [0.29, 0.717) is 27.3 Å². The summed E-state index contributed by atoms with van der Waals surface area (Å²) < 4.78 is 1.04. The molecule has 0 aliphatic carbocycles. The van der Waals surface area contributed by atoms with Gasteiger partial charge in [-0.15, -0.1) is 0 Å². The van der Waals surface area contributed by atoms with Crippen LogP contribution in [0, 0.1) is 13.8 Å². The summed E-state index contributed by atoms with van der Waals surface area (Å²) in [6.45, 7) is 4.44. The Labute approximate surface area is 182 Å². The number of benzene rings is 2. The summed E-state index contributed by atoms with van der Waals surface area (Å²) in [5.41, 5.74) is 4.52. The van der Waals surface area contributed by atoms with Crippen LogP contribution in [0.25, 0.3) is 10.2 Å². The molecule has 2 aromatic heterocycles. The molecule has 7 heteroatoms. The van der Waals surface area contributed by atoms with E-state index in [9.17, 15) is 4.79 Å². The molecule has 0 saturated carbocycles. The summed E-state index contributed by atoms with van der Waals surface area (Å²) in [6, 6.07) is 12.7. The Morgan fingerprint density at radius 2 is 1.86 bits per heavy atom. The number of anilines is 1. The van der Waals surface area contributed by atoms with E-state index in [1.54, 1.807) is 35.5 Å². The summed E-state index contributed by atoms with van der Waals surface area (Å²) in [5, 5.41) is 1.45. The number of carbonyl (C=O) groups is 1. The van der Waals surface area contributed by atoms with Crippen molar-refractivity contribution < 1.29 is 4.79 Å².